The van der Waals surface area contributed by atoms with E-state index < -0.39 is 10.0 Å². The Hall–Kier alpha value is -0.720. The fourth-order valence-corrected chi connectivity index (χ4v) is 5.31. The number of hydrogen-bond acceptors (Lipinski definition) is 5. The lowest BCUT2D eigenvalue weighted by Crippen LogP contribution is -2.41. The molecule has 2 rings (SSSR count). The van der Waals surface area contributed by atoms with Crippen LogP contribution in [0.25, 0.3) is 0 Å². The van der Waals surface area contributed by atoms with Gasteiger partial charge in [-0.1, -0.05) is 18.2 Å². The number of guanidine groups is 1. The maximum absolute atomic E-state index is 12.5. The van der Waals surface area contributed by atoms with Crippen LogP contribution in [0.5, 0.6) is 5.75 Å². The Labute approximate surface area is 190 Å². The molecular formula is C18H31IN4O3S2. The molecule has 0 unspecified atom stereocenters. The third kappa shape index (κ3) is 7.60. The molecule has 0 saturated carbocycles. The zero-order valence-electron chi connectivity index (χ0n) is 16.8. The predicted molar refractivity (Wildman–Crippen MR) is 129 cm³/mol. The van der Waals surface area contributed by atoms with E-state index in [9.17, 15) is 8.42 Å². The molecule has 1 saturated heterocycles. The van der Waals surface area contributed by atoms with Crippen molar-refractivity contribution in [3.05, 3.63) is 29.8 Å². The number of methoxy groups -OCH3 is 1. The molecule has 0 radical (unpaired) electrons. The normalized spacial score (nSPS) is 15.6. The molecule has 0 aromatic heterocycles. The molecule has 1 aromatic rings. The van der Waals surface area contributed by atoms with Crippen LogP contribution in [-0.4, -0.2) is 81.2 Å². The highest BCUT2D eigenvalue weighted by atomic mass is 127. The molecule has 7 nitrogen and oxygen atoms in total. The van der Waals surface area contributed by atoms with Gasteiger partial charge in [0.05, 0.1) is 19.4 Å². The number of para-hydroxylation sites is 1. The molecule has 1 aliphatic heterocycles. The van der Waals surface area contributed by atoms with Gasteiger partial charge in [0.1, 0.15) is 5.75 Å². The van der Waals surface area contributed by atoms with Gasteiger partial charge in [-0.25, -0.2) is 12.7 Å². The van der Waals surface area contributed by atoms with E-state index in [2.05, 4.69) is 10.3 Å². The summed E-state index contributed by atoms with van der Waals surface area (Å²) in [5.74, 6) is 3.28. The number of nitrogens with zero attached hydrogens (tertiary/aromatic N) is 3. The highest BCUT2D eigenvalue weighted by Crippen LogP contribution is 2.18. The molecule has 0 bridgehead atoms. The average Bonchev–Trinajstić information content (AvgIpc) is 2.68. The largest absolute Gasteiger partial charge is 0.496 e. The summed E-state index contributed by atoms with van der Waals surface area (Å²) in [6.07, 6.45) is 0. The van der Waals surface area contributed by atoms with Crippen LogP contribution in [0.3, 0.4) is 0 Å². The zero-order chi connectivity index (χ0) is 19.7. The van der Waals surface area contributed by atoms with Crippen molar-refractivity contribution >= 4 is 51.7 Å². The van der Waals surface area contributed by atoms with Gasteiger partial charge < -0.3 is 15.0 Å². The van der Waals surface area contributed by atoms with E-state index in [-0.39, 0.29) is 36.3 Å². The molecule has 28 heavy (non-hydrogen) atoms. The topological polar surface area (TPSA) is 74.2 Å². The Morgan fingerprint density at radius 2 is 2.00 bits per heavy atom. The van der Waals surface area contributed by atoms with E-state index in [1.165, 1.54) is 0 Å². The molecule has 1 aromatic carbocycles. The summed E-state index contributed by atoms with van der Waals surface area (Å²) in [7, 11) is 0.347. The number of nitrogens with one attached hydrogen (secondary N) is 1. The minimum absolute atomic E-state index is 0. The molecule has 1 fully saturated rings. The van der Waals surface area contributed by atoms with Crippen molar-refractivity contribution in [3.8, 4) is 5.75 Å². The van der Waals surface area contributed by atoms with E-state index >= 15 is 0 Å². The summed E-state index contributed by atoms with van der Waals surface area (Å²) in [6.45, 7) is 4.77. The number of hydrogen-bond donors (Lipinski definition) is 1. The first-order valence-electron chi connectivity index (χ1n) is 9.15. The lowest BCUT2D eigenvalue weighted by Gasteiger charge is -2.26. The fourth-order valence-electron chi connectivity index (χ4n) is 2.85. The molecule has 0 aliphatic carbocycles. The molecule has 0 amide bonds. The minimum Gasteiger partial charge on any atom is -0.496 e. The first-order chi connectivity index (χ1) is 13.0. The van der Waals surface area contributed by atoms with Crippen molar-refractivity contribution in [1.82, 2.24) is 14.5 Å². The summed E-state index contributed by atoms with van der Waals surface area (Å²) in [4.78, 5) is 6.50. The zero-order valence-corrected chi connectivity index (χ0v) is 20.7. The summed E-state index contributed by atoms with van der Waals surface area (Å²) < 4.78 is 31.9. The van der Waals surface area contributed by atoms with E-state index in [1.807, 2.05) is 43.1 Å². The summed E-state index contributed by atoms with van der Waals surface area (Å²) >= 11 is 1.80. The van der Waals surface area contributed by atoms with Crippen molar-refractivity contribution in [1.29, 1.82) is 0 Å². The van der Waals surface area contributed by atoms with Gasteiger partial charge in [0.2, 0.25) is 10.0 Å². The number of ether oxygens (including phenoxy) is 1. The van der Waals surface area contributed by atoms with Crippen LogP contribution in [0.1, 0.15) is 12.5 Å². The first kappa shape index (κ1) is 25.3. The second-order valence-electron chi connectivity index (χ2n) is 6.23. The van der Waals surface area contributed by atoms with E-state index in [0.29, 0.717) is 32.1 Å². The summed E-state index contributed by atoms with van der Waals surface area (Å²) in [5, 5.41) is 3.23. The third-order valence-electron chi connectivity index (χ3n) is 4.27. The maximum Gasteiger partial charge on any atom is 0.215 e. The Kier molecular flexibility index (Phi) is 11.5. The van der Waals surface area contributed by atoms with Gasteiger partial charge in [0.25, 0.3) is 0 Å². The van der Waals surface area contributed by atoms with Gasteiger partial charge in [-0.15, -0.1) is 24.0 Å². The van der Waals surface area contributed by atoms with Crippen LogP contribution in [0.15, 0.2) is 29.3 Å². The monoisotopic (exact) mass is 542 g/mol. The standard InChI is InChI=1S/C18H30N4O3S2.HI/c1-4-19-18(21(2)15-16-7-5-6-8-17(16)25-3)20-9-14-27(23,24)22-10-12-26-13-11-22;/h5-8H,4,9-15H2,1-3H3,(H,19,20);1H. The highest BCUT2D eigenvalue weighted by molar-refractivity contribution is 14.0. The SMILES string of the molecule is CCNC(=NCCS(=O)(=O)N1CCSCC1)N(C)Cc1ccccc1OC.I. The Morgan fingerprint density at radius 1 is 1.32 bits per heavy atom. The summed E-state index contributed by atoms with van der Waals surface area (Å²) in [5.41, 5.74) is 1.05. The number of aliphatic imine (C=N–C) groups is 1. The lowest BCUT2D eigenvalue weighted by molar-refractivity contribution is 0.396. The Balaban J connectivity index is 0.00000392. The fraction of sp³-hybridized carbons (Fsp3) is 0.611. The molecule has 1 heterocycles. The molecule has 0 atom stereocenters. The van der Waals surface area contributed by atoms with Crippen LogP contribution in [0.2, 0.25) is 0 Å². The minimum atomic E-state index is -3.24. The van der Waals surface area contributed by atoms with Gasteiger partial charge in [-0.3, -0.25) is 4.99 Å². The highest BCUT2D eigenvalue weighted by Gasteiger charge is 2.23. The molecule has 1 aliphatic rings. The van der Waals surface area contributed by atoms with E-state index in [0.717, 1.165) is 22.8 Å². The quantitative estimate of drug-likeness (QED) is 0.308. The predicted octanol–water partition coefficient (Wildman–Crippen LogP) is 2.09. The number of rotatable bonds is 8. The third-order valence-corrected chi connectivity index (χ3v) is 7.06. The van der Waals surface area contributed by atoms with Gasteiger partial charge in [0, 0.05) is 50.3 Å². The second kappa shape index (κ2) is 12.8. The van der Waals surface area contributed by atoms with Crippen LogP contribution in [0, 0.1) is 0 Å². The number of sulfonamides is 1. The van der Waals surface area contributed by atoms with Gasteiger partial charge in [-0.05, 0) is 13.0 Å². The van der Waals surface area contributed by atoms with Crippen molar-refractivity contribution < 1.29 is 13.2 Å². The molecule has 10 heteroatoms. The van der Waals surface area contributed by atoms with E-state index in [1.54, 1.807) is 23.2 Å². The first-order valence-corrected chi connectivity index (χ1v) is 11.9. The molecule has 0 spiro atoms. The van der Waals surface area contributed by atoms with Gasteiger partial charge >= 0.3 is 0 Å². The molecular weight excluding hydrogens is 511 g/mol. The van der Waals surface area contributed by atoms with Crippen molar-refractivity contribution in [3.63, 3.8) is 0 Å². The van der Waals surface area contributed by atoms with Crippen LogP contribution < -0.4 is 10.1 Å². The molecule has 160 valence electrons. The van der Waals surface area contributed by atoms with Crippen molar-refractivity contribution in [2.24, 2.45) is 4.99 Å². The van der Waals surface area contributed by atoms with Gasteiger partial charge in [-0.2, -0.15) is 11.8 Å². The summed E-state index contributed by atoms with van der Waals surface area (Å²) in [6, 6.07) is 7.85. The Bertz CT molecular complexity index is 725. The van der Waals surface area contributed by atoms with Crippen LogP contribution in [-0.2, 0) is 16.6 Å². The number of thioether (sulfide) groups is 1. The molecule has 1 N–H and O–H groups in total. The van der Waals surface area contributed by atoms with Crippen LogP contribution >= 0.6 is 35.7 Å². The second-order valence-corrected chi connectivity index (χ2v) is 9.54. The number of halogens is 1. The Morgan fingerprint density at radius 3 is 2.64 bits per heavy atom. The van der Waals surface area contributed by atoms with Crippen LogP contribution in [0.4, 0.5) is 0 Å². The average molecular weight is 543 g/mol. The van der Waals surface area contributed by atoms with E-state index in [4.69, 9.17) is 4.74 Å². The van der Waals surface area contributed by atoms with Gasteiger partial charge in [0.15, 0.2) is 5.96 Å². The maximum atomic E-state index is 12.5. The number of benzene rings is 1. The smallest absolute Gasteiger partial charge is 0.215 e. The van der Waals surface area contributed by atoms with Crippen molar-refractivity contribution in [2.45, 2.75) is 13.5 Å². The van der Waals surface area contributed by atoms with Crippen molar-refractivity contribution in [2.75, 3.05) is 57.6 Å². The lowest BCUT2D eigenvalue weighted by atomic mass is 10.2.